The van der Waals surface area contributed by atoms with Crippen molar-refractivity contribution in [2.45, 2.75) is 31.2 Å². The molecule has 0 spiro atoms. The van der Waals surface area contributed by atoms with Gasteiger partial charge in [0, 0.05) is 17.9 Å². The number of rotatable bonds is 5. The summed E-state index contributed by atoms with van der Waals surface area (Å²) >= 11 is 0. The Morgan fingerprint density at radius 3 is 2.46 bits per heavy atom. The number of anilines is 1. The molecule has 0 saturated heterocycles. The lowest BCUT2D eigenvalue weighted by molar-refractivity contribution is 0.0935. The summed E-state index contributed by atoms with van der Waals surface area (Å²) in [6.45, 7) is 3.84. The molecule has 1 heterocycles. The molecule has 1 amide bonds. The predicted octanol–water partition coefficient (Wildman–Crippen LogP) is 1.66. The number of aromatic nitrogens is 2. The molecule has 0 aliphatic rings. The van der Waals surface area contributed by atoms with E-state index in [4.69, 9.17) is 5.73 Å². The smallest absolute Gasteiger partial charge is 0.273 e. The normalized spacial score (nSPS) is 12.6. The minimum atomic E-state index is -3.27. The molecular formula is C16H20N4O3S. The van der Waals surface area contributed by atoms with Crippen LogP contribution in [0.2, 0.25) is 0 Å². The van der Waals surface area contributed by atoms with Gasteiger partial charge in [0.2, 0.25) is 0 Å². The summed E-state index contributed by atoms with van der Waals surface area (Å²) < 4.78 is 23.0. The number of hydrogen-bond acceptors (Lipinski definition) is 6. The van der Waals surface area contributed by atoms with Crippen LogP contribution in [0.5, 0.6) is 0 Å². The van der Waals surface area contributed by atoms with Crippen molar-refractivity contribution in [2.75, 3.05) is 12.0 Å². The Balaban J connectivity index is 2.35. The monoisotopic (exact) mass is 348 g/mol. The van der Waals surface area contributed by atoms with Crippen LogP contribution in [0.4, 0.5) is 5.82 Å². The number of nitrogens with zero attached hydrogens (tertiary/aromatic N) is 2. The molecule has 1 unspecified atom stereocenters. The van der Waals surface area contributed by atoms with Crippen LogP contribution >= 0.6 is 0 Å². The first-order valence-corrected chi connectivity index (χ1v) is 9.35. The molecule has 24 heavy (non-hydrogen) atoms. The first kappa shape index (κ1) is 17.9. The zero-order chi connectivity index (χ0) is 17.9. The van der Waals surface area contributed by atoms with Crippen molar-refractivity contribution in [3.8, 4) is 11.3 Å². The molecule has 0 saturated carbocycles. The summed E-state index contributed by atoms with van der Waals surface area (Å²) in [5.74, 6) is -0.337. The number of benzene rings is 1. The zero-order valence-electron chi connectivity index (χ0n) is 13.8. The third-order valence-electron chi connectivity index (χ3n) is 3.58. The largest absolute Gasteiger partial charge is 0.382 e. The van der Waals surface area contributed by atoms with Crippen LogP contribution in [0.3, 0.4) is 0 Å². The van der Waals surface area contributed by atoms with Crippen molar-refractivity contribution in [1.29, 1.82) is 0 Å². The highest BCUT2D eigenvalue weighted by Gasteiger charge is 2.16. The first-order valence-electron chi connectivity index (χ1n) is 7.46. The molecule has 128 valence electrons. The van der Waals surface area contributed by atoms with Gasteiger partial charge in [-0.3, -0.25) is 4.79 Å². The molecule has 0 fully saturated rings. The summed E-state index contributed by atoms with van der Waals surface area (Å²) in [5, 5.41) is 2.79. The molecule has 0 aliphatic heterocycles. The Bertz CT molecular complexity index is 848. The third-order valence-corrected chi connectivity index (χ3v) is 4.71. The Labute approximate surface area is 141 Å². The van der Waals surface area contributed by atoms with Gasteiger partial charge in [0.25, 0.3) is 5.91 Å². The summed E-state index contributed by atoms with van der Waals surface area (Å²) in [6, 6.07) is 6.21. The molecule has 0 bridgehead atoms. The average molecular weight is 348 g/mol. The number of nitrogens with two attached hydrogens (primary N) is 1. The van der Waals surface area contributed by atoms with Crippen LogP contribution in [0, 0.1) is 0 Å². The third kappa shape index (κ3) is 4.08. The number of carbonyl (C=O) groups excluding carboxylic acids is 1. The summed E-state index contributed by atoms with van der Waals surface area (Å²) in [6.07, 6.45) is 3.37. The quantitative estimate of drug-likeness (QED) is 0.849. The second kappa shape index (κ2) is 6.96. The molecule has 1 aromatic carbocycles. The van der Waals surface area contributed by atoms with Gasteiger partial charge in [-0.05, 0) is 25.5 Å². The molecular weight excluding hydrogens is 328 g/mol. The van der Waals surface area contributed by atoms with E-state index in [-0.39, 0.29) is 28.4 Å². The van der Waals surface area contributed by atoms with Crippen molar-refractivity contribution in [3.63, 3.8) is 0 Å². The van der Waals surface area contributed by atoms with Crippen molar-refractivity contribution < 1.29 is 13.2 Å². The molecule has 0 radical (unpaired) electrons. The van der Waals surface area contributed by atoms with E-state index in [9.17, 15) is 13.2 Å². The average Bonchev–Trinajstić information content (AvgIpc) is 2.54. The molecule has 0 aliphatic carbocycles. The van der Waals surface area contributed by atoms with Crippen LogP contribution in [0.25, 0.3) is 11.3 Å². The Morgan fingerprint density at radius 2 is 1.92 bits per heavy atom. The maximum Gasteiger partial charge on any atom is 0.273 e. The van der Waals surface area contributed by atoms with E-state index in [1.54, 1.807) is 12.1 Å². The van der Waals surface area contributed by atoms with Crippen LogP contribution in [0.1, 0.15) is 30.8 Å². The fraction of sp³-hybridized carbons (Fsp3) is 0.312. The number of carbonyl (C=O) groups is 1. The lowest BCUT2D eigenvalue weighted by Gasteiger charge is -2.12. The predicted molar refractivity (Wildman–Crippen MR) is 92.2 cm³/mol. The number of nitrogens with one attached hydrogen (secondary N) is 1. The fourth-order valence-electron chi connectivity index (χ4n) is 1.97. The van der Waals surface area contributed by atoms with Crippen LogP contribution < -0.4 is 11.1 Å². The van der Waals surface area contributed by atoms with E-state index in [0.717, 1.165) is 12.7 Å². The second-order valence-electron chi connectivity index (χ2n) is 5.57. The Hall–Kier alpha value is -2.48. The summed E-state index contributed by atoms with van der Waals surface area (Å²) in [7, 11) is -3.27. The van der Waals surface area contributed by atoms with Crippen molar-refractivity contribution in [3.05, 3.63) is 36.2 Å². The van der Waals surface area contributed by atoms with Gasteiger partial charge in [0.15, 0.2) is 21.3 Å². The van der Waals surface area contributed by atoms with E-state index in [1.165, 1.54) is 18.3 Å². The van der Waals surface area contributed by atoms with Gasteiger partial charge in [-0.15, -0.1) is 0 Å². The van der Waals surface area contributed by atoms with Crippen molar-refractivity contribution in [1.82, 2.24) is 15.3 Å². The van der Waals surface area contributed by atoms with E-state index in [1.807, 2.05) is 13.8 Å². The second-order valence-corrected chi connectivity index (χ2v) is 7.58. The van der Waals surface area contributed by atoms with Gasteiger partial charge >= 0.3 is 0 Å². The minimum absolute atomic E-state index is 0.00333. The zero-order valence-corrected chi connectivity index (χ0v) is 14.6. The van der Waals surface area contributed by atoms with E-state index < -0.39 is 9.84 Å². The van der Waals surface area contributed by atoms with E-state index >= 15 is 0 Å². The molecule has 2 rings (SSSR count). The van der Waals surface area contributed by atoms with E-state index in [0.29, 0.717) is 11.3 Å². The van der Waals surface area contributed by atoms with Crippen LogP contribution in [-0.2, 0) is 9.84 Å². The van der Waals surface area contributed by atoms with Crippen molar-refractivity contribution >= 4 is 21.6 Å². The molecule has 3 N–H and O–H groups in total. The molecule has 8 heteroatoms. The highest BCUT2D eigenvalue weighted by molar-refractivity contribution is 7.90. The number of amides is 1. The fourth-order valence-corrected chi connectivity index (χ4v) is 2.60. The maximum absolute atomic E-state index is 12.2. The minimum Gasteiger partial charge on any atom is -0.382 e. The maximum atomic E-state index is 12.2. The molecule has 1 aromatic heterocycles. The number of nitrogen functional groups attached to an aromatic ring is 1. The molecule has 2 aromatic rings. The van der Waals surface area contributed by atoms with Gasteiger partial charge in [0.05, 0.1) is 16.8 Å². The first-order chi connectivity index (χ1) is 11.2. The van der Waals surface area contributed by atoms with Crippen molar-refractivity contribution in [2.24, 2.45) is 0 Å². The molecule has 7 nitrogen and oxygen atoms in total. The standard InChI is InChI=1S/C16H20N4O3S/c1-4-10(2)19-16(21)14-15(17)18-9-13(20-14)11-5-7-12(8-6-11)24(3,22)23/h5-10H,4H2,1-3H3,(H2,17,18)(H,19,21). The van der Waals surface area contributed by atoms with Crippen LogP contribution in [0.15, 0.2) is 35.4 Å². The van der Waals surface area contributed by atoms with Gasteiger partial charge in [-0.1, -0.05) is 19.1 Å². The lowest BCUT2D eigenvalue weighted by atomic mass is 10.1. The summed E-state index contributed by atoms with van der Waals surface area (Å²) in [4.78, 5) is 20.7. The van der Waals surface area contributed by atoms with Crippen LogP contribution in [-0.4, -0.2) is 36.6 Å². The number of hydrogen-bond donors (Lipinski definition) is 2. The van der Waals surface area contributed by atoms with Gasteiger partial charge in [-0.25, -0.2) is 18.4 Å². The summed E-state index contributed by atoms with van der Waals surface area (Å²) in [5.41, 5.74) is 6.90. The van der Waals surface area contributed by atoms with Gasteiger partial charge in [-0.2, -0.15) is 0 Å². The highest BCUT2D eigenvalue weighted by Crippen LogP contribution is 2.20. The van der Waals surface area contributed by atoms with Gasteiger partial charge in [0.1, 0.15) is 0 Å². The SMILES string of the molecule is CCC(C)NC(=O)c1nc(-c2ccc(S(C)(=O)=O)cc2)cnc1N. The topological polar surface area (TPSA) is 115 Å². The number of sulfone groups is 1. The Kier molecular flexibility index (Phi) is 5.18. The highest BCUT2D eigenvalue weighted by atomic mass is 32.2. The molecule has 1 atom stereocenters. The lowest BCUT2D eigenvalue weighted by Crippen LogP contribution is -2.33. The van der Waals surface area contributed by atoms with E-state index in [2.05, 4.69) is 15.3 Å². The Morgan fingerprint density at radius 1 is 1.29 bits per heavy atom. The van der Waals surface area contributed by atoms with Gasteiger partial charge < -0.3 is 11.1 Å².